The van der Waals surface area contributed by atoms with Gasteiger partial charge in [-0.25, -0.2) is 4.68 Å². The Morgan fingerprint density at radius 1 is 1.10 bits per heavy atom. The molecular weight excluding hydrogens is 522 g/mol. The Morgan fingerprint density at radius 2 is 1.98 bits per heavy atom. The van der Waals surface area contributed by atoms with Gasteiger partial charge in [-0.2, -0.15) is 5.10 Å². The monoisotopic (exact) mass is 559 g/mol. The molecule has 2 aliphatic heterocycles. The van der Waals surface area contributed by atoms with Gasteiger partial charge in [0.25, 0.3) is 0 Å². The number of thiophene rings is 1. The van der Waals surface area contributed by atoms with Gasteiger partial charge in [-0.1, -0.05) is 12.1 Å². The van der Waals surface area contributed by atoms with E-state index in [9.17, 15) is 0 Å². The quantitative estimate of drug-likeness (QED) is 0.248. The molecule has 0 amide bonds. The summed E-state index contributed by atoms with van der Waals surface area (Å²) in [4.78, 5) is 0. The zero-order valence-electron chi connectivity index (χ0n) is 23.9. The van der Waals surface area contributed by atoms with E-state index in [1.165, 1.54) is 11.1 Å². The van der Waals surface area contributed by atoms with Gasteiger partial charge in [-0.3, -0.25) is 0 Å². The van der Waals surface area contributed by atoms with Crippen molar-refractivity contribution in [2.45, 2.75) is 70.7 Å². The topological polar surface area (TPSA) is 83.3 Å². The predicted molar refractivity (Wildman–Crippen MR) is 159 cm³/mol. The van der Waals surface area contributed by atoms with Crippen molar-refractivity contribution in [3.63, 3.8) is 0 Å². The van der Waals surface area contributed by atoms with Gasteiger partial charge in [0.15, 0.2) is 6.79 Å². The Labute approximate surface area is 239 Å². The number of aromatic nitrogens is 4. The Bertz CT molecular complexity index is 1550. The number of hydrogen-bond donors (Lipinski definition) is 1. The van der Waals surface area contributed by atoms with Crippen molar-refractivity contribution in [3.05, 3.63) is 53.7 Å². The first kappa shape index (κ1) is 27.1. The maximum Gasteiger partial charge on any atom is 0.188 e. The van der Waals surface area contributed by atoms with Crippen LogP contribution in [0.3, 0.4) is 0 Å². The standard InChI is InChI=1S/C31H37N5O3S/c1-30(2)14-21(15-31(3,4)35-30)24-18-40-27-13-25(33-34-29(24)27)23-10-9-20(12-26(23)39-19-37-5)22-16-32-36(17-22)28-8-6-7-11-38-28/h9-10,12-14,16-18,28,35H,6-8,11,15,19H2,1-5H3. The first-order chi connectivity index (χ1) is 19.2. The van der Waals surface area contributed by atoms with E-state index in [4.69, 9.17) is 19.3 Å². The molecule has 40 heavy (non-hydrogen) atoms. The van der Waals surface area contributed by atoms with Gasteiger partial charge < -0.3 is 19.5 Å². The van der Waals surface area contributed by atoms with Gasteiger partial charge in [-0.15, -0.1) is 21.5 Å². The molecule has 210 valence electrons. The van der Waals surface area contributed by atoms with Crippen molar-refractivity contribution < 1.29 is 14.2 Å². The molecule has 0 aliphatic carbocycles. The molecule has 0 bridgehead atoms. The number of nitrogens with one attached hydrogen (secondary N) is 1. The summed E-state index contributed by atoms with van der Waals surface area (Å²) in [5, 5.41) is 19.9. The van der Waals surface area contributed by atoms with Crippen LogP contribution in [0.2, 0.25) is 0 Å². The van der Waals surface area contributed by atoms with Crippen LogP contribution in [0.5, 0.6) is 5.75 Å². The highest BCUT2D eigenvalue weighted by Gasteiger charge is 2.33. The van der Waals surface area contributed by atoms with Gasteiger partial charge >= 0.3 is 0 Å². The lowest BCUT2D eigenvalue weighted by molar-refractivity contribution is -0.0394. The summed E-state index contributed by atoms with van der Waals surface area (Å²) in [7, 11) is 1.62. The Balaban J connectivity index is 1.32. The summed E-state index contributed by atoms with van der Waals surface area (Å²) in [5.41, 5.74) is 7.00. The van der Waals surface area contributed by atoms with Gasteiger partial charge in [0.1, 0.15) is 17.5 Å². The Morgan fingerprint density at radius 3 is 2.75 bits per heavy atom. The summed E-state index contributed by atoms with van der Waals surface area (Å²) in [6.07, 6.45) is 10.4. The zero-order valence-corrected chi connectivity index (χ0v) is 24.7. The second-order valence-corrected chi connectivity index (χ2v) is 12.9. The van der Waals surface area contributed by atoms with Crippen molar-refractivity contribution >= 4 is 27.1 Å². The lowest BCUT2D eigenvalue weighted by Crippen LogP contribution is -2.53. The maximum atomic E-state index is 6.03. The number of nitrogens with zero attached hydrogens (tertiary/aromatic N) is 4. The van der Waals surface area contributed by atoms with Crippen LogP contribution in [0.25, 0.3) is 38.2 Å². The highest BCUT2D eigenvalue weighted by atomic mass is 32.1. The molecule has 1 saturated heterocycles. The molecule has 0 spiro atoms. The number of benzene rings is 1. The molecule has 2 aliphatic rings. The number of rotatable bonds is 7. The Kier molecular flexibility index (Phi) is 7.25. The van der Waals surface area contributed by atoms with E-state index >= 15 is 0 Å². The fraction of sp³-hybridized carbons (Fsp3) is 0.452. The van der Waals surface area contributed by atoms with E-state index in [2.05, 4.69) is 66.8 Å². The zero-order chi connectivity index (χ0) is 27.9. The van der Waals surface area contributed by atoms with Gasteiger partial charge in [0, 0.05) is 53.1 Å². The van der Waals surface area contributed by atoms with Crippen LogP contribution in [0.15, 0.2) is 48.1 Å². The van der Waals surface area contributed by atoms with Crippen molar-refractivity contribution in [3.8, 4) is 28.1 Å². The summed E-state index contributed by atoms with van der Waals surface area (Å²) in [6, 6.07) is 8.25. The summed E-state index contributed by atoms with van der Waals surface area (Å²) < 4.78 is 20.2. The molecular formula is C31H37N5O3S. The van der Waals surface area contributed by atoms with Crippen LogP contribution in [0.1, 0.15) is 65.2 Å². The third kappa shape index (κ3) is 5.56. The molecule has 1 unspecified atom stereocenters. The minimum Gasteiger partial charge on any atom is -0.467 e. The van der Waals surface area contributed by atoms with Crippen LogP contribution in [-0.4, -0.2) is 51.6 Å². The van der Waals surface area contributed by atoms with E-state index in [1.807, 2.05) is 29.2 Å². The summed E-state index contributed by atoms with van der Waals surface area (Å²) >= 11 is 1.70. The predicted octanol–water partition coefficient (Wildman–Crippen LogP) is 6.84. The molecule has 1 fully saturated rings. The van der Waals surface area contributed by atoms with E-state index < -0.39 is 0 Å². The summed E-state index contributed by atoms with van der Waals surface area (Å²) in [6.45, 7) is 9.85. The average Bonchev–Trinajstić information content (AvgIpc) is 3.58. The highest BCUT2D eigenvalue weighted by molar-refractivity contribution is 7.17. The lowest BCUT2D eigenvalue weighted by atomic mass is 9.81. The lowest BCUT2D eigenvalue weighted by Gasteiger charge is -2.41. The third-order valence-corrected chi connectivity index (χ3v) is 8.39. The van der Waals surface area contributed by atoms with Crippen LogP contribution in [0, 0.1) is 0 Å². The largest absolute Gasteiger partial charge is 0.467 e. The van der Waals surface area contributed by atoms with E-state index in [-0.39, 0.29) is 24.1 Å². The van der Waals surface area contributed by atoms with Gasteiger partial charge in [0.2, 0.25) is 0 Å². The number of methoxy groups -OCH3 is 1. The first-order valence-electron chi connectivity index (χ1n) is 13.9. The SMILES string of the molecule is COCOc1cc(-c2cnn(C3CCCCO3)c2)ccc1-c1cc2scc(C3=CC(C)(C)NC(C)(C)C3)c2nn1. The molecule has 5 heterocycles. The third-order valence-electron chi connectivity index (χ3n) is 7.47. The average molecular weight is 560 g/mol. The molecule has 8 nitrogen and oxygen atoms in total. The fourth-order valence-corrected chi connectivity index (χ4v) is 6.96. The smallest absolute Gasteiger partial charge is 0.188 e. The molecule has 4 aromatic rings. The van der Waals surface area contributed by atoms with E-state index in [0.717, 1.165) is 64.9 Å². The number of hydrogen-bond acceptors (Lipinski definition) is 8. The molecule has 1 aromatic carbocycles. The van der Waals surface area contributed by atoms with Crippen molar-refractivity contribution in [1.29, 1.82) is 0 Å². The normalized spacial score (nSPS) is 20.4. The molecule has 9 heteroatoms. The van der Waals surface area contributed by atoms with Crippen LogP contribution in [-0.2, 0) is 9.47 Å². The van der Waals surface area contributed by atoms with Crippen molar-refractivity contribution in [2.24, 2.45) is 0 Å². The molecule has 1 N–H and O–H groups in total. The van der Waals surface area contributed by atoms with Gasteiger partial charge in [-0.05, 0) is 82.7 Å². The first-order valence-corrected chi connectivity index (χ1v) is 14.8. The number of fused-ring (bicyclic) bond motifs is 1. The van der Waals surface area contributed by atoms with Gasteiger partial charge in [0.05, 0.1) is 16.6 Å². The van der Waals surface area contributed by atoms with Crippen LogP contribution < -0.4 is 10.1 Å². The molecule has 1 atom stereocenters. The second kappa shape index (κ2) is 10.7. The summed E-state index contributed by atoms with van der Waals surface area (Å²) in [5.74, 6) is 0.691. The van der Waals surface area contributed by atoms with E-state index in [1.54, 1.807) is 18.4 Å². The van der Waals surface area contributed by atoms with Crippen molar-refractivity contribution in [2.75, 3.05) is 20.5 Å². The van der Waals surface area contributed by atoms with E-state index in [0.29, 0.717) is 5.75 Å². The highest BCUT2D eigenvalue weighted by Crippen LogP contribution is 2.40. The minimum absolute atomic E-state index is 0.00135. The minimum atomic E-state index is -0.0893. The molecule has 0 radical (unpaired) electrons. The molecule has 6 rings (SSSR count). The number of ether oxygens (including phenoxy) is 3. The Hall–Kier alpha value is -3.11. The van der Waals surface area contributed by atoms with Crippen molar-refractivity contribution in [1.82, 2.24) is 25.3 Å². The molecule has 0 saturated carbocycles. The van der Waals surface area contributed by atoms with Crippen LogP contribution in [0.4, 0.5) is 0 Å². The second-order valence-electron chi connectivity index (χ2n) is 12.0. The molecule has 3 aromatic heterocycles. The van der Waals surface area contributed by atoms with Crippen LogP contribution >= 0.6 is 11.3 Å². The maximum absolute atomic E-state index is 6.03. The fourth-order valence-electron chi connectivity index (χ4n) is 6.01.